The number of carbonyl (C=O) groups is 1. The summed E-state index contributed by atoms with van der Waals surface area (Å²) in [5.74, 6) is 0.411. The molecule has 0 radical (unpaired) electrons. The number of carbonyl (C=O) groups excluding carboxylic acids is 1. The zero-order valence-corrected chi connectivity index (χ0v) is 43.9. The second-order valence-electron chi connectivity index (χ2n) is 19.3. The molecule has 0 atom stereocenters. The lowest BCUT2D eigenvalue weighted by molar-refractivity contribution is -0.890. The predicted molar refractivity (Wildman–Crippen MR) is 281 cm³/mol. The summed E-state index contributed by atoms with van der Waals surface area (Å²) in [6.07, 6.45) is 74.4. The third-order valence-corrected chi connectivity index (χ3v) is 12.5. The van der Waals surface area contributed by atoms with Crippen molar-refractivity contribution in [3.63, 3.8) is 0 Å². The Morgan fingerprint density at radius 2 is 0.635 bits per heavy atom. The number of amides is 1. The first-order chi connectivity index (χ1) is 30.5. The molecule has 3 nitrogen and oxygen atoms in total. The fourth-order valence-corrected chi connectivity index (χ4v) is 8.23. The second kappa shape index (κ2) is 52.8. The number of allylic oxidation sites excluding steroid dienone is 12. The van der Waals surface area contributed by atoms with E-state index >= 15 is 0 Å². The van der Waals surface area contributed by atoms with Crippen molar-refractivity contribution in [2.75, 3.05) is 40.3 Å². The van der Waals surface area contributed by atoms with E-state index in [9.17, 15) is 4.79 Å². The van der Waals surface area contributed by atoms with Crippen LogP contribution in [0, 0.1) is 0 Å². The van der Waals surface area contributed by atoms with E-state index in [1.54, 1.807) is 0 Å². The molecule has 4 heteroatoms. The van der Waals surface area contributed by atoms with Gasteiger partial charge in [0.15, 0.2) is 0 Å². The molecule has 63 heavy (non-hydrogen) atoms. The quantitative estimate of drug-likeness (QED) is 0.0339. The molecule has 0 saturated carbocycles. The molecule has 0 spiro atoms. The van der Waals surface area contributed by atoms with Crippen LogP contribution < -0.4 is 12.4 Å². The molecule has 0 aromatic heterocycles. The molecule has 0 aliphatic heterocycles. The maximum Gasteiger partial charge on any atom is 0.222 e. The Balaban J connectivity index is 0. The van der Waals surface area contributed by atoms with Gasteiger partial charge in [-0.25, -0.2) is 0 Å². The third kappa shape index (κ3) is 51.0. The lowest BCUT2D eigenvalue weighted by Gasteiger charge is -2.31. The Kier molecular flexibility index (Phi) is 53.0. The minimum atomic E-state index is 0. The van der Waals surface area contributed by atoms with Crippen molar-refractivity contribution in [1.82, 2.24) is 4.90 Å². The minimum Gasteiger partial charge on any atom is -1.00 e. The van der Waals surface area contributed by atoms with Crippen LogP contribution in [0.5, 0.6) is 0 Å². The van der Waals surface area contributed by atoms with Gasteiger partial charge >= 0.3 is 0 Å². The van der Waals surface area contributed by atoms with Gasteiger partial charge in [0.05, 0.1) is 27.2 Å². The van der Waals surface area contributed by atoms with Gasteiger partial charge in [-0.3, -0.25) is 4.79 Å². The van der Waals surface area contributed by atoms with Crippen molar-refractivity contribution in [3.05, 3.63) is 72.9 Å². The average molecular weight is 898 g/mol. The van der Waals surface area contributed by atoms with Gasteiger partial charge in [-0.1, -0.05) is 196 Å². The lowest BCUT2D eigenvalue weighted by atomic mass is 10.1. The molecule has 0 unspecified atom stereocenters. The van der Waals surface area contributed by atoms with Crippen molar-refractivity contribution in [2.45, 2.75) is 258 Å². The smallest absolute Gasteiger partial charge is 0.222 e. The number of nitrogens with zero attached hydrogens (tertiary/aromatic N) is 2. The molecule has 0 fully saturated rings. The van der Waals surface area contributed by atoms with Gasteiger partial charge in [0.25, 0.3) is 0 Å². The van der Waals surface area contributed by atoms with Crippen LogP contribution in [0.4, 0.5) is 0 Å². The molecule has 0 rings (SSSR count). The molecule has 0 saturated heterocycles. The maximum absolute atomic E-state index is 13.6. The number of rotatable bonds is 48. The fourth-order valence-electron chi connectivity index (χ4n) is 8.23. The Morgan fingerprint density at radius 3 is 1.02 bits per heavy atom. The van der Waals surface area contributed by atoms with E-state index < -0.39 is 0 Å². The molecular formula is C59H109ClN2O. The lowest BCUT2D eigenvalue weighted by Crippen LogP contribution is -3.00. The van der Waals surface area contributed by atoms with E-state index in [1.165, 1.54) is 199 Å². The van der Waals surface area contributed by atoms with Crippen LogP contribution in [0.3, 0.4) is 0 Å². The average Bonchev–Trinajstić information content (AvgIpc) is 3.26. The molecule has 1 amide bonds. The largest absolute Gasteiger partial charge is 1.00 e. The van der Waals surface area contributed by atoms with E-state index in [1.807, 2.05) is 0 Å². The van der Waals surface area contributed by atoms with Crippen LogP contribution in [0.25, 0.3) is 0 Å². The summed E-state index contributed by atoms with van der Waals surface area (Å²) in [7, 11) is 4.81. The van der Waals surface area contributed by atoms with Crippen molar-refractivity contribution in [3.8, 4) is 0 Å². The molecule has 0 bridgehead atoms. The van der Waals surface area contributed by atoms with E-state index in [4.69, 9.17) is 0 Å². The topological polar surface area (TPSA) is 20.3 Å². The molecule has 0 aromatic carbocycles. The van der Waals surface area contributed by atoms with E-state index in [-0.39, 0.29) is 12.4 Å². The van der Waals surface area contributed by atoms with Gasteiger partial charge in [0.2, 0.25) is 5.91 Å². The van der Waals surface area contributed by atoms with Gasteiger partial charge in [-0.2, -0.15) is 0 Å². The molecule has 0 N–H and O–H groups in total. The molecule has 368 valence electrons. The number of quaternary nitrogens is 1. The van der Waals surface area contributed by atoms with Gasteiger partial charge in [-0.05, 0) is 122 Å². The zero-order valence-electron chi connectivity index (χ0n) is 43.1. The summed E-state index contributed by atoms with van der Waals surface area (Å²) in [6, 6.07) is 0. The van der Waals surface area contributed by atoms with Crippen LogP contribution in [-0.2, 0) is 4.79 Å². The molecule has 0 heterocycles. The van der Waals surface area contributed by atoms with Gasteiger partial charge < -0.3 is 21.8 Å². The summed E-state index contributed by atoms with van der Waals surface area (Å²) in [6.45, 7) is 11.1. The van der Waals surface area contributed by atoms with E-state index in [2.05, 4.69) is 113 Å². The van der Waals surface area contributed by atoms with Crippen LogP contribution in [0.2, 0.25) is 0 Å². The van der Waals surface area contributed by atoms with Crippen molar-refractivity contribution >= 4 is 5.91 Å². The van der Waals surface area contributed by atoms with Crippen molar-refractivity contribution in [2.24, 2.45) is 0 Å². The Hall–Kier alpha value is -1.84. The molecule has 0 aliphatic rings. The first-order valence-corrected chi connectivity index (χ1v) is 27.5. The first-order valence-electron chi connectivity index (χ1n) is 27.5. The van der Waals surface area contributed by atoms with Crippen LogP contribution in [-0.4, -0.2) is 55.6 Å². The van der Waals surface area contributed by atoms with Crippen LogP contribution in [0.15, 0.2) is 72.9 Å². The number of hydrogen-bond acceptors (Lipinski definition) is 1. The van der Waals surface area contributed by atoms with Crippen molar-refractivity contribution < 1.29 is 21.7 Å². The summed E-state index contributed by atoms with van der Waals surface area (Å²) in [5.41, 5.74) is 0. The molecular weight excluding hydrogens is 788 g/mol. The predicted octanol–water partition coefficient (Wildman–Crippen LogP) is 15.7. The SMILES string of the molecule is CCCCC/C=C\C/C=C\CCCCCCCCN(CCC[N+](C)(C)CCCCCCCC/C=C\C/C=C\CCCCC)C(=O)CCCCCCC/C=C\C/C=C\CCCCC.[Cl-]. The van der Waals surface area contributed by atoms with Gasteiger partial charge in [0, 0.05) is 25.9 Å². The number of halogens is 1. The zero-order chi connectivity index (χ0) is 45.1. The summed E-state index contributed by atoms with van der Waals surface area (Å²) in [5, 5.41) is 0. The molecule has 0 aromatic rings. The number of unbranched alkanes of at least 4 members (excludes halogenated alkanes) is 26. The van der Waals surface area contributed by atoms with E-state index in [0.29, 0.717) is 5.91 Å². The Labute approximate surface area is 402 Å². The highest BCUT2D eigenvalue weighted by Gasteiger charge is 2.18. The maximum atomic E-state index is 13.6. The van der Waals surface area contributed by atoms with Crippen LogP contribution in [0.1, 0.15) is 258 Å². The first kappa shape index (κ1) is 63.2. The summed E-state index contributed by atoms with van der Waals surface area (Å²) < 4.78 is 1.08. The van der Waals surface area contributed by atoms with E-state index in [0.717, 1.165) is 69.1 Å². The normalized spacial score (nSPS) is 12.5. The number of hydrogen-bond donors (Lipinski definition) is 0. The van der Waals surface area contributed by atoms with Crippen LogP contribution >= 0.6 is 0 Å². The summed E-state index contributed by atoms with van der Waals surface area (Å²) >= 11 is 0. The second-order valence-corrected chi connectivity index (χ2v) is 19.3. The minimum absolute atomic E-state index is 0. The summed E-state index contributed by atoms with van der Waals surface area (Å²) in [4.78, 5) is 15.8. The monoisotopic (exact) mass is 897 g/mol. The third-order valence-electron chi connectivity index (χ3n) is 12.5. The Bertz CT molecular complexity index is 1100. The highest BCUT2D eigenvalue weighted by Crippen LogP contribution is 2.15. The standard InChI is InChI=1S/C59H109N2O.ClH/c1-6-9-12-15-18-21-24-27-30-33-36-39-42-45-48-51-55-60(59(62)54-50-47-44-41-38-35-32-29-26-23-20-17-14-11-8-3)56-53-58-61(4,5)57-52-49-46-43-40-37-34-31-28-25-22-19-16-13-10-7-2;/h18-23,27-32H,6-17,24-26,33-58H2,1-5H3;1H/q+1;/p-1/b21-18-,22-19-,23-20-,30-27-,31-28-,32-29-;. The van der Waals surface area contributed by atoms with Gasteiger partial charge in [-0.15, -0.1) is 0 Å². The Morgan fingerprint density at radius 1 is 0.349 bits per heavy atom. The van der Waals surface area contributed by atoms with Gasteiger partial charge in [0.1, 0.15) is 0 Å². The van der Waals surface area contributed by atoms with Crippen molar-refractivity contribution in [1.29, 1.82) is 0 Å². The fraction of sp³-hybridized carbons (Fsp3) is 0.780. The molecule has 0 aliphatic carbocycles. The highest BCUT2D eigenvalue weighted by molar-refractivity contribution is 5.76. The highest BCUT2D eigenvalue weighted by atomic mass is 35.5.